The summed E-state index contributed by atoms with van der Waals surface area (Å²) in [7, 11) is 1.69. The van der Waals surface area contributed by atoms with E-state index in [-0.39, 0.29) is 5.91 Å². The summed E-state index contributed by atoms with van der Waals surface area (Å²) in [5, 5.41) is 3.36. The highest BCUT2D eigenvalue weighted by Crippen LogP contribution is 2.13. The predicted molar refractivity (Wildman–Crippen MR) is 70.5 cm³/mol. The minimum absolute atomic E-state index is 0.142. The Kier molecular flexibility index (Phi) is 4.73. The van der Waals surface area contributed by atoms with Gasteiger partial charge in [-0.05, 0) is 18.1 Å². The van der Waals surface area contributed by atoms with Crippen LogP contribution in [0.3, 0.4) is 0 Å². The molecule has 0 atom stereocenters. The summed E-state index contributed by atoms with van der Waals surface area (Å²) < 4.78 is 5.04. The van der Waals surface area contributed by atoms with Gasteiger partial charge in [0.15, 0.2) is 0 Å². The first-order chi connectivity index (χ1) is 8.83. The molecule has 0 saturated heterocycles. The van der Waals surface area contributed by atoms with Crippen LogP contribution in [0.5, 0.6) is 0 Å². The van der Waals surface area contributed by atoms with E-state index in [1.165, 1.54) is 0 Å². The Morgan fingerprint density at radius 2 is 2.22 bits per heavy atom. The molecule has 4 nitrogen and oxygen atoms in total. The van der Waals surface area contributed by atoms with Crippen molar-refractivity contribution in [3.63, 3.8) is 0 Å². The molecule has 0 bridgehead atoms. The molecule has 2 rings (SSSR count). The molecular weight excluding hydrogens is 228 g/mol. The van der Waals surface area contributed by atoms with Crippen molar-refractivity contribution in [3.05, 3.63) is 35.4 Å². The molecule has 1 amide bonds. The van der Waals surface area contributed by atoms with E-state index in [0.29, 0.717) is 6.61 Å². The van der Waals surface area contributed by atoms with Crippen molar-refractivity contribution < 1.29 is 9.53 Å². The van der Waals surface area contributed by atoms with E-state index < -0.39 is 0 Å². The Morgan fingerprint density at radius 3 is 3.06 bits per heavy atom. The minimum Gasteiger partial charge on any atom is -0.385 e. The number of methoxy groups -OCH3 is 1. The minimum atomic E-state index is 0.142. The topological polar surface area (TPSA) is 41.6 Å². The fraction of sp³-hybridized carbons (Fsp3) is 0.500. The third-order valence-corrected chi connectivity index (χ3v) is 3.19. The maximum absolute atomic E-state index is 12.4. The van der Waals surface area contributed by atoms with Crippen molar-refractivity contribution in [1.82, 2.24) is 10.2 Å². The van der Waals surface area contributed by atoms with Crippen molar-refractivity contribution in [2.45, 2.75) is 13.0 Å². The van der Waals surface area contributed by atoms with E-state index in [9.17, 15) is 4.79 Å². The zero-order chi connectivity index (χ0) is 12.8. The van der Waals surface area contributed by atoms with Crippen LogP contribution in [0.1, 0.15) is 22.3 Å². The number of ether oxygens (including phenoxy) is 1. The number of amides is 1. The summed E-state index contributed by atoms with van der Waals surface area (Å²) in [6, 6.07) is 7.82. The van der Waals surface area contributed by atoms with Crippen LogP contribution in [-0.2, 0) is 11.3 Å². The van der Waals surface area contributed by atoms with Crippen molar-refractivity contribution >= 4 is 5.91 Å². The summed E-state index contributed by atoms with van der Waals surface area (Å²) >= 11 is 0. The maximum atomic E-state index is 12.4. The average molecular weight is 248 g/mol. The van der Waals surface area contributed by atoms with Gasteiger partial charge in [0.05, 0.1) is 0 Å². The van der Waals surface area contributed by atoms with Gasteiger partial charge in [0, 0.05) is 45.5 Å². The summed E-state index contributed by atoms with van der Waals surface area (Å²) in [5.74, 6) is 0.142. The number of carbonyl (C=O) groups is 1. The van der Waals surface area contributed by atoms with Crippen molar-refractivity contribution in [2.75, 3.05) is 33.4 Å². The predicted octanol–water partition coefficient (Wildman–Crippen LogP) is 1.27. The van der Waals surface area contributed by atoms with Crippen LogP contribution in [0.4, 0.5) is 0 Å². The number of nitrogens with zero attached hydrogens (tertiary/aromatic N) is 1. The highest BCUT2D eigenvalue weighted by molar-refractivity contribution is 5.95. The molecule has 0 radical (unpaired) electrons. The molecule has 0 unspecified atom stereocenters. The van der Waals surface area contributed by atoms with E-state index in [1.807, 2.05) is 29.2 Å². The highest BCUT2D eigenvalue weighted by atomic mass is 16.5. The first kappa shape index (κ1) is 13.1. The van der Waals surface area contributed by atoms with Gasteiger partial charge in [-0.25, -0.2) is 0 Å². The largest absolute Gasteiger partial charge is 0.385 e. The molecule has 1 heterocycles. The summed E-state index contributed by atoms with van der Waals surface area (Å²) in [4.78, 5) is 14.3. The molecule has 0 spiro atoms. The smallest absolute Gasteiger partial charge is 0.254 e. The van der Waals surface area contributed by atoms with Gasteiger partial charge in [0.2, 0.25) is 0 Å². The molecule has 4 heteroatoms. The molecule has 0 fully saturated rings. The molecular formula is C14H20N2O2. The Morgan fingerprint density at radius 1 is 1.39 bits per heavy atom. The number of carbonyl (C=O) groups excluding carboxylic acids is 1. The monoisotopic (exact) mass is 248 g/mol. The van der Waals surface area contributed by atoms with E-state index in [4.69, 9.17) is 4.74 Å². The molecule has 98 valence electrons. The van der Waals surface area contributed by atoms with Gasteiger partial charge >= 0.3 is 0 Å². The number of hydrogen-bond donors (Lipinski definition) is 1. The van der Waals surface area contributed by atoms with E-state index in [0.717, 1.165) is 43.7 Å². The molecule has 18 heavy (non-hydrogen) atoms. The quantitative estimate of drug-likeness (QED) is 0.816. The number of nitrogens with one attached hydrogen (secondary N) is 1. The first-order valence-electron chi connectivity index (χ1n) is 6.40. The zero-order valence-corrected chi connectivity index (χ0v) is 10.8. The summed E-state index contributed by atoms with van der Waals surface area (Å²) in [6.45, 7) is 3.82. The number of hydrogen-bond acceptors (Lipinski definition) is 3. The lowest BCUT2D eigenvalue weighted by molar-refractivity contribution is 0.0732. The van der Waals surface area contributed by atoms with E-state index in [2.05, 4.69) is 5.32 Å². The average Bonchev–Trinajstić information content (AvgIpc) is 2.39. The summed E-state index contributed by atoms with van der Waals surface area (Å²) in [6.07, 6.45) is 0.879. The van der Waals surface area contributed by atoms with Crippen LogP contribution in [0.25, 0.3) is 0 Å². The van der Waals surface area contributed by atoms with E-state index >= 15 is 0 Å². The SMILES string of the molecule is COCCCN1CCNCc2ccccc2C1=O. The molecule has 0 aromatic heterocycles. The second-order valence-electron chi connectivity index (χ2n) is 4.47. The molecule has 1 aliphatic heterocycles. The maximum Gasteiger partial charge on any atom is 0.254 e. The molecule has 1 aromatic rings. The second-order valence-corrected chi connectivity index (χ2v) is 4.47. The van der Waals surface area contributed by atoms with Crippen LogP contribution < -0.4 is 5.32 Å². The van der Waals surface area contributed by atoms with Gasteiger partial charge in [-0.1, -0.05) is 18.2 Å². The van der Waals surface area contributed by atoms with Gasteiger partial charge in [0.25, 0.3) is 5.91 Å². The third kappa shape index (κ3) is 3.09. The van der Waals surface area contributed by atoms with Crippen molar-refractivity contribution in [3.8, 4) is 0 Å². The number of benzene rings is 1. The zero-order valence-electron chi connectivity index (χ0n) is 10.8. The Bertz CT molecular complexity index is 407. The molecule has 1 aromatic carbocycles. The normalized spacial score (nSPS) is 16.1. The van der Waals surface area contributed by atoms with Gasteiger partial charge in [-0.3, -0.25) is 4.79 Å². The number of rotatable bonds is 4. The van der Waals surface area contributed by atoms with Crippen LogP contribution >= 0.6 is 0 Å². The van der Waals surface area contributed by atoms with Gasteiger partial charge in [0.1, 0.15) is 0 Å². The fourth-order valence-corrected chi connectivity index (χ4v) is 2.21. The van der Waals surface area contributed by atoms with Gasteiger partial charge < -0.3 is 15.0 Å². The third-order valence-electron chi connectivity index (χ3n) is 3.19. The standard InChI is InChI=1S/C14H20N2O2/c1-18-10-4-8-16-9-7-15-11-12-5-2-3-6-13(12)14(16)17/h2-3,5-6,15H,4,7-11H2,1H3. The van der Waals surface area contributed by atoms with Crippen molar-refractivity contribution in [2.24, 2.45) is 0 Å². The molecule has 1 aliphatic rings. The van der Waals surface area contributed by atoms with Gasteiger partial charge in [-0.2, -0.15) is 0 Å². The Balaban J connectivity index is 2.12. The fourth-order valence-electron chi connectivity index (χ4n) is 2.21. The lowest BCUT2D eigenvalue weighted by atomic mass is 10.0. The molecule has 0 saturated carbocycles. The second kappa shape index (κ2) is 6.52. The van der Waals surface area contributed by atoms with Crippen LogP contribution in [0, 0.1) is 0 Å². The Labute approximate surface area is 108 Å². The number of fused-ring (bicyclic) bond motifs is 1. The lowest BCUT2D eigenvalue weighted by Crippen LogP contribution is -2.40. The lowest BCUT2D eigenvalue weighted by Gasteiger charge is -2.26. The van der Waals surface area contributed by atoms with Crippen LogP contribution in [-0.4, -0.2) is 44.2 Å². The van der Waals surface area contributed by atoms with Gasteiger partial charge in [-0.15, -0.1) is 0 Å². The van der Waals surface area contributed by atoms with Crippen molar-refractivity contribution in [1.29, 1.82) is 0 Å². The highest BCUT2D eigenvalue weighted by Gasteiger charge is 2.19. The van der Waals surface area contributed by atoms with E-state index in [1.54, 1.807) is 7.11 Å². The van der Waals surface area contributed by atoms with Crippen LogP contribution in [0.15, 0.2) is 24.3 Å². The molecule has 0 aliphatic carbocycles. The molecule has 1 N–H and O–H groups in total. The first-order valence-corrected chi connectivity index (χ1v) is 6.40. The Hall–Kier alpha value is -1.39. The van der Waals surface area contributed by atoms with Crippen LogP contribution in [0.2, 0.25) is 0 Å². The summed E-state index contributed by atoms with van der Waals surface area (Å²) in [5.41, 5.74) is 1.90.